The van der Waals surface area contributed by atoms with Crippen molar-refractivity contribution in [3.63, 3.8) is 0 Å². The van der Waals surface area contributed by atoms with Gasteiger partial charge < -0.3 is 5.32 Å². The first-order chi connectivity index (χ1) is 8.96. The first-order valence-corrected chi connectivity index (χ1v) is 8.41. The first-order valence-electron chi connectivity index (χ1n) is 7.42. The molecule has 1 aliphatic heterocycles. The highest BCUT2D eigenvalue weighted by molar-refractivity contribution is 7.99. The summed E-state index contributed by atoms with van der Waals surface area (Å²) in [4.78, 5) is 1.51. The second-order valence-electron chi connectivity index (χ2n) is 6.85. The highest BCUT2D eigenvalue weighted by atomic mass is 32.2. The molecule has 2 unspecified atom stereocenters. The van der Waals surface area contributed by atoms with Gasteiger partial charge in [0.1, 0.15) is 0 Å². The minimum atomic E-state index is 0.246. The number of fused-ring (bicyclic) bond motifs is 1. The predicted octanol–water partition coefficient (Wildman–Crippen LogP) is 4.68. The Morgan fingerprint density at radius 2 is 2.05 bits per heavy atom. The van der Waals surface area contributed by atoms with Crippen molar-refractivity contribution in [2.45, 2.75) is 56.9 Å². The lowest BCUT2D eigenvalue weighted by Gasteiger charge is -2.23. The molecule has 1 heterocycles. The van der Waals surface area contributed by atoms with Crippen LogP contribution >= 0.6 is 11.8 Å². The topological polar surface area (TPSA) is 12.0 Å². The third kappa shape index (κ3) is 4.54. The fraction of sp³-hybridized carbons (Fsp3) is 0.647. The molecule has 1 N–H and O–H groups in total. The zero-order chi connectivity index (χ0) is 13.9. The normalized spacial score (nSPS) is 20.3. The van der Waals surface area contributed by atoms with Crippen LogP contribution in [-0.2, 0) is 0 Å². The monoisotopic (exact) mass is 277 g/mol. The minimum Gasteiger partial charge on any atom is -0.312 e. The van der Waals surface area contributed by atoms with Crippen LogP contribution in [-0.4, -0.2) is 17.8 Å². The van der Waals surface area contributed by atoms with Gasteiger partial charge in [-0.3, -0.25) is 0 Å². The molecule has 1 nitrogen and oxygen atoms in total. The van der Waals surface area contributed by atoms with E-state index in [1.54, 1.807) is 5.56 Å². The van der Waals surface area contributed by atoms with Crippen LogP contribution in [0.5, 0.6) is 0 Å². The molecule has 0 radical (unpaired) electrons. The first kappa shape index (κ1) is 14.9. The summed E-state index contributed by atoms with van der Waals surface area (Å²) in [6.45, 7) is 10.2. The van der Waals surface area contributed by atoms with Crippen LogP contribution in [0.4, 0.5) is 0 Å². The Kier molecular flexibility index (Phi) is 4.97. The summed E-state index contributed by atoms with van der Waals surface area (Å²) in [5, 5.41) is 3.59. The van der Waals surface area contributed by atoms with Gasteiger partial charge in [0, 0.05) is 16.2 Å². The van der Waals surface area contributed by atoms with Crippen LogP contribution in [0.1, 0.15) is 52.0 Å². The summed E-state index contributed by atoms with van der Waals surface area (Å²) in [5.41, 5.74) is 1.83. The Morgan fingerprint density at radius 3 is 2.79 bits per heavy atom. The van der Waals surface area contributed by atoms with Crippen molar-refractivity contribution in [3.05, 3.63) is 29.8 Å². The van der Waals surface area contributed by atoms with E-state index in [0.717, 1.165) is 18.4 Å². The number of nitrogens with one attached hydrogen (secondary N) is 1. The summed E-state index contributed by atoms with van der Waals surface area (Å²) in [6, 6.07) is 8.93. The smallest absolute Gasteiger partial charge is 0.0107 e. The van der Waals surface area contributed by atoms with Gasteiger partial charge in [0.2, 0.25) is 0 Å². The molecule has 0 amide bonds. The average molecular weight is 277 g/mol. The average Bonchev–Trinajstić information content (AvgIpc) is 2.71. The minimum absolute atomic E-state index is 0.246. The molecule has 0 aliphatic carbocycles. The third-order valence-corrected chi connectivity index (χ3v) is 5.03. The quantitative estimate of drug-likeness (QED) is 0.838. The van der Waals surface area contributed by atoms with Gasteiger partial charge in [-0.05, 0) is 63.6 Å². The molecule has 1 aliphatic rings. The van der Waals surface area contributed by atoms with Crippen LogP contribution in [0.25, 0.3) is 0 Å². The van der Waals surface area contributed by atoms with Gasteiger partial charge in [-0.1, -0.05) is 25.1 Å². The molecule has 0 aromatic heterocycles. The lowest BCUT2D eigenvalue weighted by molar-refractivity contribution is 0.378. The zero-order valence-electron chi connectivity index (χ0n) is 12.7. The summed E-state index contributed by atoms with van der Waals surface area (Å²) in [6.07, 6.45) is 2.61. The van der Waals surface area contributed by atoms with Crippen LogP contribution in [0, 0.1) is 5.92 Å². The molecule has 2 rings (SSSR count). The highest BCUT2D eigenvalue weighted by Crippen LogP contribution is 2.42. The maximum atomic E-state index is 3.59. The van der Waals surface area contributed by atoms with Gasteiger partial charge in [0.25, 0.3) is 0 Å². The largest absolute Gasteiger partial charge is 0.312 e. The fourth-order valence-electron chi connectivity index (χ4n) is 2.72. The molecule has 1 aromatic carbocycles. The summed E-state index contributed by atoms with van der Waals surface area (Å²) in [7, 11) is 0. The Morgan fingerprint density at radius 1 is 1.32 bits per heavy atom. The number of thioether (sulfide) groups is 1. The standard InChI is InChI=1S/C17H27NS/c1-13(9-10-18-17(2,3)4)11-14-12-19-16-8-6-5-7-15(14)16/h5-8,13-14,18H,9-12H2,1-4H3. The second kappa shape index (κ2) is 6.32. The van der Waals surface area contributed by atoms with E-state index in [1.807, 2.05) is 11.8 Å². The highest BCUT2D eigenvalue weighted by Gasteiger charge is 2.24. The van der Waals surface area contributed by atoms with Gasteiger partial charge >= 0.3 is 0 Å². The van der Waals surface area contributed by atoms with E-state index in [9.17, 15) is 0 Å². The van der Waals surface area contributed by atoms with E-state index in [2.05, 4.69) is 57.3 Å². The van der Waals surface area contributed by atoms with E-state index < -0.39 is 0 Å². The lowest BCUT2D eigenvalue weighted by Crippen LogP contribution is -2.36. The third-order valence-electron chi connectivity index (χ3n) is 3.78. The molecular weight excluding hydrogens is 250 g/mol. The van der Waals surface area contributed by atoms with Crippen molar-refractivity contribution in [1.29, 1.82) is 0 Å². The zero-order valence-corrected chi connectivity index (χ0v) is 13.5. The molecule has 2 heteroatoms. The molecule has 106 valence electrons. The summed E-state index contributed by atoms with van der Waals surface area (Å²) < 4.78 is 0. The van der Waals surface area contributed by atoms with E-state index in [0.29, 0.717) is 0 Å². The number of hydrogen-bond acceptors (Lipinski definition) is 2. The number of benzene rings is 1. The van der Waals surface area contributed by atoms with Crippen molar-refractivity contribution in [1.82, 2.24) is 5.32 Å². The molecule has 0 spiro atoms. The Hall–Kier alpha value is -0.470. The molecule has 19 heavy (non-hydrogen) atoms. The molecular formula is C17H27NS. The van der Waals surface area contributed by atoms with Gasteiger partial charge in [0.15, 0.2) is 0 Å². The Labute approximate surface area is 122 Å². The molecule has 0 fully saturated rings. The summed E-state index contributed by atoms with van der Waals surface area (Å²) in [5.74, 6) is 2.84. The predicted molar refractivity (Wildman–Crippen MR) is 86.1 cm³/mol. The lowest BCUT2D eigenvalue weighted by atomic mass is 9.89. The van der Waals surface area contributed by atoms with E-state index in [4.69, 9.17) is 0 Å². The molecule has 2 atom stereocenters. The van der Waals surface area contributed by atoms with Gasteiger partial charge in [-0.25, -0.2) is 0 Å². The second-order valence-corrected chi connectivity index (χ2v) is 7.91. The Bertz CT molecular complexity index is 408. The molecule has 1 aromatic rings. The van der Waals surface area contributed by atoms with Crippen LogP contribution in [0.15, 0.2) is 29.2 Å². The number of hydrogen-bond donors (Lipinski definition) is 1. The number of rotatable bonds is 5. The van der Waals surface area contributed by atoms with Crippen LogP contribution < -0.4 is 5.32 Å². The van der Waals surface area contributed by atoms with Crippen molar-refractivity contribution in [3.8, 4) is 0 Å². The van der Waals surface area contributed by atoms with E-state index >= 15 is 0 Å². The van der Waals surface area contributed by atoms with Crippen molar-refractivity contribution < 1.29 is 0 Å². The fourth-order valence-corrected chi connectivity index (χ4v) is 3.99. The van der Waals surface area contributed by atoms with E-state index in [1.165, 1.54) is 23.5 Å². The maximum absolute atomic E-state index is 3.59. The Balaban J connectivity index is 1.79. The van der Waals surface area contributed by atoms with Crippen LogP contribution in [0.2, 0.25) is 0 Å². The SMILES string of the molecule is CC(CCNC(C)(C)C)CC1CSc2ccccc21. The van der Waals surface area contributed by atoms with Gasteiger partial charge in [-0.2, -0.15) is 0 Å². The molecule has 0 saturated carbocycles. The van der Waals surface area contributed by atoms with Gasteiger partial charge in [-0.15, -0.1) is 11.8 Å². The molecule has 0 saturated heterocycles. The van der Waals surface area contributed by atoms with E-state index in [-0.39, 0.29) is 5.54 Å². The van der Waals surface area contributed by atoms with Crippen molar-refractivity contribution in [2.75, 3.05) is 12.3 Å². The summed E-state index contributed by atoms with van der Waals surface area (Å²) >= 11 is 2.03. The van der Waals surface area contributed by atoms with Gasteiger partial charge in [0.05, 0.1) is 0 Å². The molecule has 0 bridgehead atoms. The maximum Gasteiger partial charge on any atom is 0.0107 e. The van der Waals surface area contributed by atoms with Crippen LogP contribution in [0.3, 0.4) is 0 Å². The van der Waals surface area contributed by atoms with Crippen molar-refractivity contribution >= 4 is 11.8 Å². The van der Waals surface area contributed by atoms with Crippen molar-refractivity contribution in [2.24, 2.45) is 5.92 Å².